The molecule has 6 heteroatoms. The van der Waals surface area contributed by atoms with Crippen LogP contribution in [0.1, 0.15) is 33.7 Å². The number of nitrogens with two attached hydrogens (primary N) is 1. The highest BCUT2D eigenvalue weighted by molar-refractivity contribution is 6.33. The smallest absolute Gasteiger partial charge is 0.185 e. The molecule has 1 aliphatic rings. The minimum absolute atomic E-state index is 0.132. The summed E-state index contributed by atoms with van der Waals surface area (Å²) in [5.74, 6) is 0.636. The molecule has 0 saturated heterocycles. The van der Waals surface area contributed by atoms with E-state index in [1.54, 1.807) is 6.07 Å². The SMILES string of the molecule is CC1(C)C(n2nnnc2-c2c(N)cccc2Cl)C1(C)C. The van der Waals surface area contributed by atoms with Crippen LogP contribution in [0.2, 0.25) is 5.02 Å². The van der Waals surface area contributed by atoms with Gasteiger partial charge in [0, 0.05) is 5.69 Å². The lowest BCUT2D eigenvalue weighted by Gasteiger charge is -2.09. The van der Waals surface area contributed by atoms with Gasteiger partial charge in [-0.2, -0.15) is 0 Å². The van der Waals surface area contributed by atoms with Crippen molar-refractivity contribution in [2.75, 3.05) is 5.73 Å². The molecule has 106 valence electrons. The average Bonchev–Trinajstić information content (AvgIpc) is 2.67. The molecule has 1 aromatic carbocycles. The van der Waals surface area contributed by atoms with E-state index < -0.39 is 0 Å². The maximum absolute atomic E-state index is 6.27. The van der Waals surface area contributed by atoms with Crippen molar-refractivity contribution in [3.63, 3.8) is 0 Å². The zero-order valence-corrected chi connectivity index (χ0v) is 12.8. The number of hydrogen-bond donors (Lipinski definition) is 1. The first-order chi connectivity index (χ1) is 9.28. The van der Waals surface area contributed by atoms with Crippen LogP contribution in [-0.4, -0.2) is 20.2 Å². The van der Waals surface area contributed by atoms with E-state index in [9.17, 15) is 0 Å². The van der Waals surface area contributed by atoms with Crippen LogP contribution in [0.4, 0.5) is 5.69 Å². The standard InChI is InChI=1S/C14H18ClN5/c1-13(2)12(14(13,3)4)20-11(17-18-19-20)10-8(15)6-5-7-9(10)16/h5-7,12H,16H2,1-4H3. The van der Waals surface area contributed by atoms with E-state index in [1.165, 1.54) is 0 Å². The third kappa shape index (κ3) is 1.59. The molecule has 0 amide bonds. The number of hydrogen-bond acceptors (Lipinski definition) is 4. The fourth-order valence-electron chi connectivity index (χ4n) is 3.08. The van der Waals surface area contributed by atoms with Gasteiger partial charge in [0.05, 0.1) is 16.6 Å². The Hall–Kier alpha value is -1.62. The normalized spacial score (nSPS) is 20.1. The van der Waals surface area contributed by atoms with Crippen molar-refractivity contribution in [1.82, 2.24) is 20.2 Å². The van der Waals surface area contributed by atoms with E-state index in [1.807, 2.05) is 16.8 Å². The van der Waals surface area contributed by atoms with Crippen molar-refractivity contribution >= 4 is 17.3 Å². The molecule has 1 heterocycles. The first kappa shape index (κ1) is 13.4. The fraction of sp³-hybridized carbons (Fsp3) is 0.500. The maximum atomic E-state index is 6.27. The zero-order valence-electron chi connectivity index (χ0n) is 12.1. The van der Waals surface area contributed by atoms with Crippen molar-refractivity contribution in [1.29, 1.82) is 0 Å². The molecule has 2 aromatic rings. The summed E-state index contributed by atoms with van der Waals surface area (Å²) in [5, 5.41) is 12.7. The van der Waals surface area contributed by atoms with Crippen LogP contribution in [0, 0.1) is 10.8 Å². The maximum Gasteiger partial charge on any atom is 0.185 e. The molecule has 0 unspecified atom stereocenters. The summed E-state index contributed by atoms with van der Waals surface area (Å²) in [6.07, 6.45) is 0. The van der Waals surface area contributed by atoms with E-state index in [4.69, 9.17) is 17.3 Å². The summed E-state index contributed by atoms with van der Waals surface area (Å²) in [4.78, 5) is 0. The van der Waals surface area contributed by atoms with E-state index in [-0.39, 0.29) is 16.9 Å². The summed E-state index contributed by atoms with van der Waals surface area (Å²) in [6.45, 7) is 8.89. The number of anilines is 1. The van der Waals surface area contributed by atoms with Gasteiger partial charge in [0.2, 0.25) is 0 Å². The van der Waals surface area contributed by atoms with E-state index in [0.29, 0.717) is 22.1 Å². The predicted molar refractivity (Wildman–Crippen MR) is 79.3 cm³/mol. The number of rotatable bonds is 2. The lowest BCUT2D eigenvalue weighted by Crippen LogP contribution is -2.07. The number of benzene rings is 1. The van der Waals surface area contributed by atoms with Gasteiger partial charge < -0.3 is 5.73 Å². The van der Waals surface area contributed by atoms with Crippen LogP contribution in [0.15, 0.2) is 18.2 Å². The monoisotopic (exact) mass is 291 g/mol. The van der Waals surface area contributed by atoms with Gasteiger partial charge in [-0.25, -0.2) is 4.68 Å². The van der Waals surface area contributed by atoms with Crippen LogP contribution >= 0.6 is 11.6 Å². The van der Waals surface area contributed by atoms with Gasteiger partial charge in [-0.05, 0) is 33.4 Å². The molecule has 1 aromatic heterocycles. The summed E-state index contributed by atoms with van der Waals surface area (Å²) in [6, 6.07) is 5.66. The van der Waals surface area contributed by atoms with Crippen molar-refractivity contribution in [3.05, 3.63) is 23.2 Å². The van der Waals surface area contributed by atoms with Crippen molar-refractivity contribution in [2.24, 2.45) is 10.8 Å². The molecule has 1 saturated carbocycles. The molecule has 20 heavy (non-hydrogen) atoms. The average molecular weight is 292 g/mol. The highest BCUT2D eigenvalue weighted by atomic mass is 35.5. The van der Waals surface area contributed by atoms with Gasteiger partial charge in [-0.15, -0.1) is 5.10 Å². The Balaban J connectivity index is 2.14. The second-order valence-electron chi connectivity index (χ2n) is 6.50. The van der Waals surface area contributed by atoms with Crippen molar-refractivity contribution in [3.8, 4) is 11.4 Å². The van der Waals surface area contributed by atoms with Crippen molar-refractivity contribution < 1.29 is 0 Å². The molecule has 0 aliphatic heterocycles. The third-order valence-electron chi connectivity index (χ3n) is 4.95. The second-order valence-corrected chi connectivity index (χ2v) is 6.90. The molecule has 0 atom stereocenters. The Morgan fingerprint density at radius 2 is 1.85 bits per heavy atom. The summed E-state index contributed by atoms with van der Waals surface area (Å²) in [7, 11) is 0. The van der Waals surface area contributed by atoms with Crippen LogP contribution < -0.4 is 5.73 Å². The highest BCUT2D eigenvalue weighted by Crippen LogP contribution is 2.71. The third-order valence-corrected chi connectivity index (χ3v) is 5.27. The van der Waals surface area contributed by atoms with E-state index in [2.05, 4.69) is 43.2 Å². The Morgan fingerprint density at radius 1 is 1.20 bits per heavy atom. The number of nitrogens with zero attached hydrogens (tertiary/aromatic N) is 4. The first-order valence-electron chi connectivity index (χ1n) is 6.60. The van der Waals surface area contributed by atoms with E-state index in [0.717, 1.165) is 0 Å². The molecular weight excluding hydrogens is 274 g/mol. The summed E-state index contributed by atoms with van der Waals surface area (Å²) < 4.78 is 1.86. The minimum Gasteiger partial charge on any atom is -0.398 e. The van der Waals surface area contributed by atoms with Crippen LogP contribution in [0.25, 0.3) is 11.4 Å². The number of aromatic nitrogens is 4. The summed E-state index contributed by atoms with van der Waals surface area (Å²) in [5.41, 5.74) is 7.60. The molecule has 5 nitrogen and oxygen atoms in total. The van der Waals surface area contributed by atoms with Crippen LogP contribution in [-0.2, 0) is 0 Å². The molecule has 0 spiro atoms. The molecule has 1 aliphatic carbocycles. The van der Waals surface area contributed by atoms with Crippen LogP contribution in [0.3, 0.4) is 0 Å². The van der Waals surface area contributed by atoms with Gasteiger partial charge in [0.25, 0.3) is 0 Å². The molecule has 0 radical (unpaired) electrons. The molecule has 2 N–H and O–H groups in total. The topological polar surface area (TPSA) is 69.6 Å². The van der Waals surface area contributed by atoms with Crippen molar-refractivity contribution in [2.45, 2.75) is 33.7 Å². The van der Waals surface area contributed by atoms with Gasteiger partial charge in [0.1, 0.15) is 0 Å². The molecule has 1 fully saturated rings. The van der Waals surface area contributed by atoms with Gasteiger partial charge in [-0.1, -0.05) is 45.4 Å². The Labute approximate surface area is 123 Å². The minimum atomic E-state index is 0.132. The zero-order chi connectivity index (χ0) is 14.7. The summed E-state index contributed by atoms with van der Waals surface area (Å²) >= 11 is 6.27. The molecule has 3 rings (SSSR count). The number of tetrazole rings is 1. The first-order valence-corrected chi connectivity index (χ1v) is 6.98. The quantitative estimate of drug-likeness (QED) is 0.863. The largest absolute Gasteiger partial charge is 0.398 e. The van der Waals surface area contributed by atoms with Gasteiger partial charge >= 0.3 is 0 Å². The van der Waals surface area contributed by atoms with Gasteiger partial charge in [-0.3, -0.25) is 0 Å². The van der Waals surface area contributed by atoms with Crippen LogP contribution in [0.5, 0.6) is 0 Å². The van der Waals surface area contributed by atoms with E-state index >= 15 is 0 Å². The second kappa shape index (κ2) is 3.95. The molecule has 0 bridgehead atoms. The van der Waals surface area contributed by atoms with Gasteiger partial charge in [0.15, 0.2) is 5.82 Å². The Morgan fingerprint density at radius 3 is 2.40 bits per heavy atom. The number of halogens is 1. The Bertz CT molecular complexity index is 640. The Kier molecular flexibility index (Phi) is 2.64. The molecular formula is C14H18ClN5. The lowest BCUT2D eigenvalue weighted by atomic mass is 10.0. The fourth-order valence-corrected chi connectivity index (χ4v) is 3.35. The number of nitrogen functional groups attached to an aromatic ring is 1. The highest BCUT2D eigenvalue weighted by Gasteiger charge is 2.67. The predicted octanol–water partition coefficient (Wildman–Crippen LogP) is 3.18. The lowest BCUT2D eigenvalue weighted by molar-refractivity contribution is 0.457.